The topological polar surface area (TPSA) is 37.3 Å². The van der Waals surface area contributed by atoms with Gasteiger partial charge in [-0.2, -0.15) is 0 Å². The molecule has 0 aliphatic heterocycles. The summed E-state index contributed by atoms with van der Waals surface area (Å²) in [6.45, 7) is 4.16. The first kappa shape index (κ1) is 18.1. The lowest BCUT2D eigenvalue weighted by Gasteiger charge is -2.05. The SMILES string of the molecule is CCCCCCCCC/C(C(=O)O)=C(/F)CCCC. The Hall–Kier alpha value is -0.860. The van der Waals surface area contributed by atoms with E-state index in [0.29, 0.717) is 6.42 Å². The Morgan fingerprint density at radius 1 is 0.842 bits per heavy atom. The predicted octanol–water partition coefficient (Wildman–Crippen LogP) is 5.63. The summed E-state index contributed by atoms with van der Waals surface area (Å²) in [5, 5.41) is 9.02. The lowest BCUT2D eigenvalue weighted by atomic mass is 10.0. The third-order valence-electron chi connectivity index (χ3n) is 3.37. The summed E-state index contributed by atoms with van der Waals surface area (Å²) in [6.07, 6.45) is 10.1. The number of rotatable bonds is 12. The monoisotopic (exact) mass is 272 g/mol. The van der Waals surface area contributed by atoms with Gasteiger partial charge >= 0.3 is 5.97 Å². The van der Waals surface area contributed by atoms with E-state index in [9.17, 15) is 9.18 Å². The number of allylic oxidation sites excluding steroid dienone is 1. The van der Waals surface area contributed by atoms with E-state index in [1.54, 1.807) is 0 Å². The molecule has 1 N–H and O–H groups in total. The minimum atomic E-state index is -1.08. The Bertz CT molecular complexity index is 272. The zero-order chi connectivity index (χ0) is 14.5. The molecule has 0 saturated heterocycles. The van der Waals surface area contributed by atoms with E-state index in [1.807, 2.05) is 6.92 Å². The molecule has 2 nitrogen and oxygen atoms in total. The maximum absolute atomic E-state index is 13.7. The fraction of sp³-hybridized carbons (Fsp3) is 0.812. The predicted molar refractivity (Wildman–Crippen MR) is 77.9 cm³/mol. The number of aliphatic carboxylic acids is 1. The zero-order valence-corrected chi connectivity index (χ0v) is 12.5. The highest BCUT2D eigenvalue weighted by Gasteiger charge is 2.13. The van der Waals surface area contributed by atoms with Crippen LogP contribution < -0.4 is 0 Å². The number of carboxylic acid groups (broad SMARTS) is 1. The van der Waals surface area contributed by atoms with Crippen molar-refractivity contribution in [3.05, 3.63) is 11.4 Å². The van der Waals surface area contributed by atoms with E-state index in [-0.39, 0.29) is 12.0 Å². The molecule has 0 aliphatic rings. The van der Waals surface area contributed by atoms with Crippen molar-refractivity contribution in [3.8, 4) is 0 Å². The van der Waals surface area contributed by atoms with Crippen molar-refractivity contribution in [1.82, 2.24) is 0 Å². The van der Waals surface area contributed by atoms with Gasteiger partial charge in [-0.1, -0.05) is 58.8 Å². The van der Waals surface area contributed by atoms with Crippen molar-refractivity contribution in [2.24, 2.45) is 0 Å². The summed E-state index contributed by atoms with van der Waals surface area (Å²) in [6, 6.07) is 0. The third-order valence-corrected chi connectivity index (χ3v) is 3.37. The molecule has 0 aromatic heterocycles. The summed E-state index contributed by atoms with van der Waals surface area (Å²) in [7, 11) is 0. The van der Waals surface area contributed by atoms with Crippen LogP contribution in [0.15, 0.2) is 11.4 Å². The Morgan fingerprint density at radius 2 is 1.37 bits per heavy atom. The number of halogens is 1. The molecule has 0 unspecified atom stereocenters. The molecule has 112 valence electrons. The van der Waals surface area contributed by atoms with Gasteiger partial charge in [0.05, 0.1) is 5.57 Å². The van der Waals surface area contributed by atoms with Gasteiger partial charge in [0.15, 0.2) is 0 Å². The molecule has 0 spiro atoms. The smallest absolute Gasteiger partial charge is 0.334 e. The average molecular weight is 272 g/mol. The number of unbranched alkanes of at least 4 members (excludes halogenated alkanes) is 7. The van der Waals surface area contributed by atoms with Crippen molar-refractivity contribution in [1.29, 1.82) is 0 Å². The first-order chi connectivity index (χ1) is 9.13. The molecule has 0 aliphatic carbocycles. The molecule has 19 heavy (non-hydrogen) atoms. The van der Waals surface area contributed by atoms with E-state index in [1.165, 1.54) is 25.7 Å². The van der Waals surface area contributed by atoms with E-state index < -0.39 is 11.8 Å². The van der Waals surface area contributed by atoms with Crippen LogP contribution in [-0.4, -0.2) is 11.1 Å². The molecular formula is C16H29FO2. The normalized spacial score (nSPS) is 12.4. The van der Waals surface area contributed by atoms with Crippen LogP contribution in [0.3, 0.4) is 0 Å². The molecular weight excluding hydrogens is 243 g/mol. The van der Waals surface area contributed by atoms with Crippen LogP contribution in [0, 0.1) is 0 Å². The van der Waals surface area contributed by atoms with Crippen LogP contribution in [0.4, 0.5) is 4.39 Å². The van der Waals surface area contributed by atoms with Gasteiger partial charge < -0.3 is 5.11 Å². The standard InChI is InChI=1S/C16H29FO2/c1-3-5-7-8-9-10-11-12-14(16(18)19)15(17)13-6-4-2/h3-13H2,1-2H3,(H,18,19)/b15-14-. The average Bonchev–Trinajstić information content (AvgIpc) is 2.38. The van der Waals surface area contributed by atoms with Gasteiger partial charge in [-0.25, -0.2) is 9.18 Å². The van der Waals surface area contributed by atoms with Gasteiger partial charge in [0.2, 0.25) is 0 Å². The Morgan fingerprint density at radius 3 is 1.89 bits per heavy atom. The zero-order valence-electron chi connectivity index (χ0n) is 12.5. The molecule has 0 rings (SSSR count). The molecule has 0 heterocycles. The fourth-order valence-corrected chi connectivity index (χ4v) is 2.10. The number of carbonyl (C=O) groups is 1. The highest BCUT2D eigenvalue weighted by molar-refractivity contribution is 5.87. The van der Waals surface area contributed by atoms with E-state index in [4.69, 9.17) is 5.11 Å². The second-order valence-corrected chi connectivity index (χ2v) is 5.16. The molecule has 3 heteroatoms. The van der Waals surface area contributed by atoms with Gasteiger partial charge in [0, 0.05) is 0 Å². The number of hydrogen-bond donors (Lipinski definition) is 1. The van der Waals surface area contributed by atoms with Crippen LogP contribution in [0.2, 0.25) is 0 Å². The number of hydrogen-bond acceptors (Lipinski definition) is 1. The third kappa shape index (κ3) is 9.69. The second kappa shape index (κ2) is 12.2. The van der Waals surface area contributed by atoms with Crippen LogP contribution in [0.5, 0.6) is 0 Å². The van der Waals surface area contributed by atoms with Gasteiger partial charge in [0.1, 0.15) is 5.83 Å². The van der Waals surface area contributed by atoms with Gasteiger partial charge in [-0.3, -0.25) is 0 Å². The largest absolute Gasteiger partial charge is 0.478 e. The molecule has 0 atom stereocenters. The maximum Gasteiger partial charge on any atom is 0.334 e. The van der Waals surface area contributed by atoms with Crippen molar-refractivity contribution in [3.63, 3.8) is 0 Å². The van der Waals surface area contributed by atoms with Crippen molar-refractivity contribution in [2.45, 2.75) is 84.5 Å². The minimum Gasteiger partial charge on any atom is -0.478 e. The van der Waals surface area contributed by atoms with Gasteiger partial charge in [-0.05, 0) is 25.7 Å². The van der Waals surface area contributed by atoms with E-state index >= 15 is 0 Å². The summed E-state index contributed by atoms with van der Waals surface area (Å²) in [5.41, 5.74) is 0.00186. The van der Waals surface area contributed by atoms with Gasteiger partial charge in [-0.15, -0.1) is 0 Å². The quantitative estimate of drug-likeness (QED) is 0.369. The minimum absolute atomic E-state index is 0.00186. The van der Waals surface area contributed by atoms with Crippen LogP contribution in [0.25, 0.3) is 0 Å². The van der Waals surface area contributed by atoms with E-state index in [2.05, 4.69) is 6.92 Å². The Balaban J connectivity index is 3.92. The van der Waals surface area contributed by atoms with Crippen molar-refractivity contribution in [2.75, 3.05) is 0 Å². The fourth-order valence-electron chi connectivity index (χ4n) is 2.10. The lowest BCUT2D eigenvalue weighted by Crippen LogP contribution is -2.03. The molecule has 0 saturated carbocycles. The summed E-state index contributed by atoms with van der Waals surface area (Å²) in [5.74, 6) is -1.50. The molecule has 0 amide bonds. The molecule has 0 bridgehead atoms. The highest BCUT2D eigenvalue weighted by atomic mass is 19.1. The second-order valence-electron chi connectivity index (χ2n) is 5.16. The highest BCUT2D eigenvalue weighted by Crippen LogP contribution is 2.20. The lowest BCUT2D eigenvalue weighted by molar-refractivity contribution is -0.133. The summed E-state index contributed by atoms with van der Waals surface area (Å²) in [4.78, 5) is 11.0. The van der Waals surface area contributed by atoms with Crippen molar-refractivity contribution >= 4 is 5.97 Å². The molecule has 0 fully saturated rings. The Kier molecular flexibility index (Phi) is 11.6. The van der Waals surface area contributed by atoms with E-state index in [0.717, 1.165) is 32.1 Å². The Labute approximate surface area is 117 Å². The molecule has 0 aromatic rings. The van der Waals surface area contributed by atoms with Crippen molar-refractivity contribution < 1.29 is 14.3 Å². The molecule has 0 radical (unpaired) electrons. The first-order valence-corrected chi connectivity index (χ1v) is 7.74. The number of carboxylic acids is 1. The van der Waals surface area contributed by atoms with Crippen LogP contribution in [-0.2, 0) is 4.79 Å². The summed E-state index contributed by atoms with van der Waals surface area (Å²) >= 11 is 0. The van der Waals surface area contributed by atoms with Gasteiger partial charge in [0.25, 0.3) is 0 Å². The van der Waals surface area contributed by atoms with Crippen LogP contribution in [0.1, 0.15) is 84.5 Å². The summed E-state index contributed by atoms with van der Waals surface area (Å²) < 4.78 is 13.7. The van der Waals surface area contributed by atoms with Crippen LogP contribution >= 0.6 is 0 Å². The molecule has 0 aromatic carbocycles. The maximum atomic E-state index is 13.7. The first-order valence-electron chi connectivity index (χ1n) is 7.74.